The van der Waals surface area contributed by atoms with E-state index in [0.29, 0.717) is 28.0 Å². The lowest BCUT2D eigenvalue weighted by Gasteiger charge is -2.10. The van der Waals surface area contributed by atoms with Gasteiger partial charge in [0.15, 0.2) is 0 Å². The monoisotopic (exact) mass is 346 g/mol. The van der Waals surface area contributed by atoms with Gasteiger partial charge in [0.2, 0.25) is 0 Å². The van der Waals surface area contributed by atoms with Crippen LogP contribution >= 0.6 is 23.2 Å². The summed E-state index contributed by atoms with van der Waals surface area (Å²) in [6, 6.07) is 10.5. The molecule has 0 saturated carbocycles. The molecule has 0 saturated heterocycles. The molecule has 0 spiro atoms. The fraction of sp³-hybridized carbons (Fsp3) is 0.0625. The van der Waals surface area contributed by atoms with Gasteiger partial charge in [0, 0.05) is 18.5 Å². The molecule has 116 valence electrons. The molecule has 5 nitrogen and oxygen atoms in total. The lowest BCUT2D eigenvalue weighted by atomic mass is 10.2. The summed E-state index contributed by atoms with van der Waals surface area (Å²) in [6.07, 6.45) is 4.73. The number of hydrogen-bond donors (Lipinski definition) is 1. The fourth-order valence-electron chi connectivity index (χ4n) is 2.08. The van der Waals surface area contributed by atoms with E-state index in [9.17, 15) is 4.79 Å². The summed E-state index contributed by atoms with van der Waals surface area (Å²) in [7, 11) is 0. The molecule has 0 unspecified atom stereocenters. The van der Waals surface area contributed by atoms with E-state index in [4.69, 9.17) is 23.2 Å². The Bertz CT molecular complexity index is 833. The van der Waals surface area contributed by atoms with E-state index >= 15 is 0 Å². The molecule has 0 atom stereocenters. The molecule has 0 aliphatic rings. The SMILES string of the molecule is O=C(Nc1ccnn1Cc1cccc(Cl)c1Cl)c1cccnc1. The minimum absolute atomic E-state index is 0.253. The molecule has 23 heavy (non-hydrogen) atoms. The van der Waals surface area contributed by atoms with Gasteiger partial charge in [0.1, 0.15) is 5.82 Å². The smallest absolute Gasteiger partial charge is 0.258 e. The first kappa shape index (κ1) is 15.5. The molecule has 3 rings (SSSR count). The van der Waals surface area contributed by atoms with E-state index in [-0.39, 0.29) is 5.91 Å². The first-order valence-electron chi connectivity index (χ1n) is 6.81. The second-order valence-electron chi connectivity index (χ2n) is 4.78. The van der Waals surface area contributed by atoms with Crippen molar-refractivity contribution in [3.05, 3.63) is 76.2 Å². The standard InChI is InChI=1S/C16H12Cl2N4O/c17-13-5-1-3-12(15(13)18)10-22-14(6-8-20-22)21-16(23)11-4-2-7-19-9-11/h1-9H,10H2,(H,21,23). The number of halogens is 2. The van der Waals surface area contributed by atoms with Crippen molar-refractivity contribution >= 4 is 34.9 Å². The predicted octanol–water partition coefficient (Wildman–Crippen LogP) is 3.89. The van der Waals surface area contributed by atoms with Crippen molar-refractivity contribution in [2.75, 3.05) is 5.32 Å². The Balaban J connectivity index is 1.80. The van der Waals surface area contributed by atoms with Gasteiger partial charge in [0.05, 0.1) is 28.4 Å². The van der Waals surface area contributed by atoms with E-state index < -0.39 is 0 Å². The number of amides is 1. The maximum atomic E-state index is 12.2. The van der Waals surface area contributed by atoms with Crippen LogP contribution in [0.1, 0.15) is 15.9 Å². The third kappa shape index (κ3) is 3.52. The Morgan fingerprint density at radius 2 is 2.00 bits per heavy atom. The van der Waals surface area contributed by atoms with E-state index in [1.54, 1.807) is 41.3 Å². The second kappa shape index (κ2) is 6.81. The summed E-state index contributed by atoms with van der Waals surface area (Å²) in [6.45, 7) is 0.398. The summed E-state index contributed by atoms with van der Waals surface area (Å²) in [5.41, 5.74) is 1.29. The quantitative estimate of drug-likeness (QED) is 0.779. The number of hydrogen-bond acceptors (Lipinski definition) is 3. The largest absolute Gasteiger partial charge is 0.307 e. The van der Waals surface area contributed by atoms with Crippen molar-refractivity contribution in [3.8, 4) is 0 Å². The maximum Gasteiger partial charge on any atom is 0.258 e. The molecule has 2 heterocycles. The molecule has 0 bridgehead atoms. The average Bonchev–Trinajstić information content (AvgIpc) is 2.99. The Morgan fingerprint density at radius 1 is 1.13 bits per heavy atom. The van der Waals surface area contributed by atoms with Crippen molar-refractivity contribution in [2.24, 2.45) is 0 Å². The van der Waals surface area contributed by atoms with Crippen LogP contribution in [0.15, 0.2) is 55.0 Å². The zero-order chi connectivity index (χ0) is 16.2. The topological polar surface area (TPSA) is 59.8 Å². The zero-order valence-corrected chi connectivity index (χ0v) is 13.4. The van der Waals surface area contributed by atoms with Gasteiger partial charge in [-0.2, -0.15) is 5.10 Å². The van der Waals surface area contributed by atoms with Gasteiger partial charge >= 0.3 is 0 Å². The zero-order valence-electron chi connectivity index (χ0n) is 11.9. The average molecular weight is 347 g/mol. The number of nitrogens with zero attached hydrogens (tertiary/aromatic N) is 3. The summed E-state index contributed by atoms with van der Waals surface area (Å²) < 4.78 is 1.64. The van der Waals surface area contributed by atoms with Gasteiger partial charge in [-0.3, -0.25) is 9.78 Å². The number of anilines is 1. The van der Waals surface area contributed by atoms with E-state index in [0.717, 1.165) is 5.56 Å². The highest BCUT2D eigenvalue weighted by atomic mass is 35.5. The number of rotatable bonds is 4. The Kier molecular flexibility index (Phi) is 4.60. The van der Waals surface area contributed by atoms with Gasteiger partial charge in [-0.25, -0.2) is 4.68 Å². The van der Waals surface area contributed by atoms with Crippen LogP contribution in [-0.2, 0) is 6.54 Å². The van der Waals surface area contributed by atoms with Crippen LogP contribution in [0.2, 0.25) is 10.0 Å². The summed E-state index contributed by atoms with van der Waals surface area (Å²) in [4.78, 5) is 16.1. The minimum atomic E-state index is -0.253. The first-order chi connectivity index (χ1) is 11.1. The second-order valence-corrected chi connectivity index (χ2v) is 5.57. The van der Waals surface area contributed by atoms with E-state index in [2.05, 4.69) is 15.4 Å². The Labute approximate surface area is 142 Å². The Hall–Kier alpha value is -2.37. The molecule has 0 aliphatic carbocycles. The molecule has 1 amide bonds. The number of benzene rings is 1. The number of aromatic nitrogens is 3. The van der Waals surface area contributed by atoms with E-state index in [1.807, 2.05) is 12.1 Å². The van der Waals surface area contributed by atoms with Gasteiger partial charge in [0.25, 0.3) is 5.91 Å². The highest BCUT2D eigenvalue weighted by Crippen LogP contribution is 2.26. The van der Waals surface area contributed by atoms with Crippen molar-refractivity contribution < 1.29 is 4.79 Å². The molecule has 0 radical (unpaired) electrons. The lowest BCUT2D eigenvalue weighted by Crippen LogP contribution is -2.16. The molecular weight excluding hydrogens is 335 g/mol. The van der Waals surface area contributed by atoms with Gasteiger partial charge in [-0.15, -0.1) is 0 Å². The fourth-order valence-corrected chi connectivity index (χ4v) is 2.46. The molecular formula is C16H12Cl2N4O. The van der Waals surface area contributed by atoms with Crippen LogP contribution in [0.4, 0.5) is 5.82 Å². The van der Waals surface area contributed by atoms with Crippen molar-refractivity contribution in [2.45, 2.75) is 6.54 Å². The number of pyridine rings is 1. The predicted molar refractivity (Wildman–Crippen MR) is 90.0 cm³/mol. The van der Waals surface area contributed by atoms with Gasteiger partial charge in [-0.05, 0) is 23.8 Å². The third-order valence-corrected chi connectivity index (χ3v) is 4.09. The summed E-state index contributed by atoms with van der Waals surface area (Å²) >= 11 is 12.2. The van der Waals surface area contributed by atoms with Crippen LogP contribution in [0, 0.1) is 0 Å². The van der Waals surface area contributed by atoms with Gasteiger partial charge in [-0.1, -0.05) is 35.3 Å². The number of carbonyl (C=O) groups excluding carboxylic acids is 1. The summed E-state index contributed by atoms with van der Waals surface area (Å²) in [5.74, 6) is 0.312. The third-order valence-electron chi connectivity index (χ3n) is 3.23. The highest BCUT2D eigenvalue weighted by Gasteiger charge is 2.11. The van der Waals surface area contributed by atoms with Crippen LogP contribution in [0.25, 0.3) is 0 Å². The van der Waals surface area contributed by atoms with Crippen LogP contribution in [-0.4, -0.2) is 20.7 Å². The van der Waals surface area contributed by atoms with Crippen molar-refractivity contribution in [1.82, 2.24) is 14.8 Å². The van der Waals surface area contributed by atoms with Crippen molar-refractivity contribution in [3.63, 3.8) is 0 Å². The number of nitrogens with one attached hydrogen (secondary N) is 1. The van der Waals surface area contributed by atoms with Crippen LogP contribution in [0.5, 0.6) is 0 Å². The molecule has 7 heteroatoms. The maximum absolute atomic E-state index is 12.2. The Morgan fingerprint density at radius 3 is 2.78 bits per heavy atom. The van der Waals surface area contributed by atoms with Crippen LogP contribution in [0.3, 0.4) is 0 Å². The molecule has 1 N–H and O–H groups in total. The molecule has 0 aliphatic heterocycles. The van der Waals surface area contributed by atoms with Crippen LogP contribution < -0.4 is 5.32 Å². The molecule has 3 aromatic rings. The van der Waals surface area contributed by atoms with Gasteiger partial charge < -0.3 is 5.32 Å². The van der Waals surface area contributed by atoms with Crippen molar-refractivity contribution in [1.29, 1.82) is 0 Å². The minimum Gasteiger partial charge on any atom is -0.307 e. The summed E-state index contributed by atoms with van der Waals surface area (Å²) in [5, 5.41) is 7.98. The highest BCUT2D eigenvalue weighted by molar-refractivity contribution is 6.42. The normalized spacial score (nSPS) is 10.5. The molecule has 0 fully saturated rings. The lowest BCUT2D eigenvalue weighted by molar-refractivity contribution is 0.102. The van der Waals surface area contributed by atoms with E-state index in [1.165, 1.54) is 6.20 Å². The molecule has 2 aromatic heterocycles. The number of carbonyl (C=O) groups is 1. The molecule has 1 aromatic carbocycles. The first-order valence-corrected chi connectivity index (χ1v) is 7.57.